The Labute approximate surface area is 131 Å². The minimum Gasteiger partial charge on any atom is -0.336 e. The van der Waals surface area contributed by atoms with E-state index in [2.05, 4.69) is 20.5 Å². The highest BCUT2D eigenvalue weighted by Gasteiger charge is 2.33. The Morgan fingerprint density at radius 2 is 2.18 bits per heavy atom. The van der Waals surface area contributed by atoms with E-state index in [-0.39, 0.29) is 21.9 Å². The van der Waals surface area contributed by atoms with Crippen LogP contribution in [0.25, 0.3) is 0 Å². The molecule has 0 radical (unpaired) electrons. The first kappa shape index (κ1) is 15.1. The zero-order chi connectivity index (χ0) is 15.9. The fourth-order valence-electron chi connectivity index (χ4n) is 2.22. The highest BCUT2D eigenvalue weighted by molar-refractivity contribution is 7.91. The van der Waals surface area contributed by atoms with E-state index >= 15 is 0 Å². The molecule has 1 amide bonds. The van der Waals surface area contributed by atoms with E-state index in [0.29, 0.717) is 13.0 Å². The normalized spacial score (nSPS) is 15.5. The molecule has 2 aromatic heterocycles. The van der Waals surface area contributed by atoms with Crippen molar-refractivity contribution in [1.29, 1.82) is 0 Å². The summed E-state index contributed by atoms with van der Waals surface area (Å²) in [4.78, 5) is 15.2. The Hall–Kier alpha value is -1.85. The molecule has 118 valence electrons. The lowest BCUT2D eigenvalue weighted by Crippen LogP contribution is -2.36. The van der Waals surface area contributed by atoms with E-state index in [0.717, 1.165) is 22.7 Å². The molecular weight excluding hydrogens is 328 g/mol. The fraction of sp³-hybridized carbons (Fsp3) is 0.455. The Bertz CT molecular complexity index is 825. The number of nitrogens with zero attached hydrogens (tertiary/aromatic N) is 5. The highest BCUT2D eigenvalue weighted by Crippen LogP contribution is 2.27. The summed E-state index contributed by atoms with van der Waals surface area (Å²) in [5.74, 6) is -0.322. The van der Waals surface area contributed by atoms with Crippen LogP contribution in [0.1, 0.15) is 18.3 Å². The molecule has 3 heterocycles. The molecule has 0 atom stereocenters. The van der Waals surface area contributed by atoms with Gasteiger partial charge >= 0.3 is 0 Å². The van der Waals surface area contributed by atoms with Crippen LogP contribution >= 0.6 is 11.3 Å². The molecule has 22 heavy (non-hydrogen) atoms. The monoisotopic (exact) mass is 342 g/mol. The number of aryl methyl sites for hydroxylation is 1. The first-order valence-electron chi connectivity index (χ1n) is 6.48. The number of fused-ring (bicyclic) bond motifs is 1. The summed E-state index contributed by atoms with van der Waals surface area (Å²) < 4.78 is 28.3. The van der Waals surface area contributed by atoms with E-state index in [9.17, 15) is 13.2 Å². The van der Waals surface area contributed by atoms with Crippen LogP contribution in [0.15, 0.2) is 10.7 Å². The summed E-state index contributed by atoms with van der Waals surface area (Å²) in [6, 6.07) is 0. The molecule has 0 saturated heterocycles. The largest absolute Gasteiger partial charge is 0.336 e. The topological polar surface area (TPSA) is 110 Å². The molecule has 0 saturated carbocycles. The summed E-state index contributed by atoms with van der Waals surface area (Å²) in [5, 5.41) is 9.97. The lowest BCUT2D eigenvalue weighted by atomic mass is 10.2. The molecule has 0 fully saturated rings. The average molecular weight is 342 g/mol. The molecule has 2 aromatic rings. The van der Waals surface area contributed by atoms with Crippen molar-refractivity contribution in [2.45, 2.75) is 24.2 Å². The molecule has 3 rings (SSSR count). The third-order valence-electron chi connectivity index (χ3n) is 3.32. The lowest BCUT2D eigenvalue weighted by Gasteiger charge is -2.25. The summed E-state index contributed by atoms with van der Waals surface area (Å²) in [5.41, 5.74) is 1.80. The molecule has 1 N–H and O–H groups in total. The molecule has 0 unspecified atom stereocenters. The van der Waals surface area contributed by atoms with E-state index in [1.165, 1.54) is 11.2 Å². The van der Waals surface area contributed by atoms with Gasteiger partial charge in [0, 0.05) is 26.9 Å². The third-order valence-corrected chi connectivity index (χ3v) is 6.35. The summed E-state index contributed by atoms with van der Waals surface area (Å²) in [6.45, 7) is 1.93. The number of carbonyl (C=O) groups excluding carboxylic acids is 1. The van der Waals surface area contributed by atoms with Gasteiger partial charge in [0.1, 0.15) is 0 Å². The van der Waals surface area contributed by atoms with Crippen LogP contribution in [0.2, 0.25) is 0 Å². The maximum absolute atomic E-state index is 12.6. The van der Waals surface area contributed by atoms with Crippen LogP contribution in [0.4, 0.5) is 5.13 Å². The summed E-state index contributed by atoms with van der Waals surface area (Å²) in [7, 11) is -1.89. The van der Waals surface area contributed by atoms with E-state index in [4.69, 9.17) is 0 Å². The van der Waals surface area contributed by atoms with Crippen LogP contribution in [0.3, 0.4) is 0 Å². The van der Waals surface area contributed by atoms with E-state index < -0.39 is 10.0 Å². The SMILES string of the molecule is CC(=O)Nc1nnc(S(=O)(=O)N2CCc3ncn(C)c3C2)s1. The van der Waals surface area contributed by atoms with Crippen LogP contribution in [-0.4, -0.2) is 44.9 Å². The maximum atomic E-state index is 12.6. The van der Waals surface area contributed by atoms with Gasteiger partial charge in [0.2, 0.25) is 15.4 Å². The Kier molecular flexibility index (Phi) is 3.70. The van der Waals surface area contributed by atoms with Crippen molar-refractivity contribution in [3.8, 4) is 0 Å². The van der Waals surface area contributed by atoms with Gasteiger partial charge in [-0.05, 0) is 0 Å². The van der Waals surface area contributed by atoms with Gasteiger partial charge in [-0.3, -0.25) is 4.79 Å². The first-order chi connectivity index (χ1) is 10.4. The molecule has 1 aliphatic heterocycles. The second kappa shape index (κ2) is 5.41. The number of hydrogen-bond acceptors (Lipinski definition) is 7. The van der Waals surface area contributed by atoms with Crippen LogP contribution in [0, 0.1) is 0 Å². The van der Waals surface area contributed by atoms with Crippen molar-refractivity contribution in [3.05, 3.63) is 17.7 Å². The number of carbonyl (C=O) groups is 1. The second-order valence-electron chi connectivity index (χ2n) is 4.89. The van der Waals surface area contributed by atoms with Gasteiger partial charge < -0.3 is 9.88 Å². The Balaban J connectivity index is 1.86. The minimum atomic E-state index is -3.73. The number of hydrogen-bond donors (Lipinski definition) is 1. The predicted octanol–water partition coefficient (Wildman–Crippen LogP) is -0.0230. The lowest BCUT2D eigenvalue weighted by molar-refractivity contribution is -0.114. The number of sulfonamides is 1. The Morgan fingerprint density at radius 1 is 1.41 bits per heavy atom. The molecule has 0 spiro atoms. The zero-order valence-corrected chi connectivity index (χ0v) is 13.6. The van der Waals surface area contributed by atoms with Crippen molar-refractivity contribution in [2.24, 2.45) is 7.05 Å². The number of amides is 1. The number of anilines is 1. The maximum Gasteiger partial charge on any atom is 0.272 e. The van der Waals surface area contributed by atoms with Gasteiger partial charge in [0.15, 0.2) is 0 Å². The number of aromatic nitrogens is 4. The second-order valence-corrected chi connectivity index (χ2v) is 7.98. The predicted molar refractivity (Wildman–Crippen MR) is 78.7 cm³/mol. The molecular formula is C11H14N6O3S2. The average Bonchev–Trinajstić information content (AvgIpc) is 3.06. The van der Waals surface area contributed by atoms with Gasteiger partial charge in [-0.15, -0.1) is 10.2 Å². The van der Waals surface area contributed by atoms with Gasteiger partial charge in [0.05, 0.1) is 24.3 Å². The molecule has 1 aliphatic rings. The van der Waals surface area contributed by atoms with Crippen LogP contribution < -0.4 is 5.32 Å². The number of rotatable bonds is 3. The van der Waals surface area contributed by atoms with Gasteiger partial charge in [0.25, 0.3) is 10.0 Å². The molecule has 0 aromatic carbocycles. The molecule has 11 heteroatoms. The van der Waals surface area contributed by atoms with Crippen molar-refractivity contribution in [3.63, 3.8) is 0 Å². The summed E-state index contributed by atoms with van der Waals surface area (Å²) in [6.07, 6.45) is 2.24. The van der Waals surface area contributed by atoms with Crippen molar-refractivity contribution >= 4 is 32.4 Å². The Morgan fingerprint density at radius 3 is 2.91 bits per heavy atom. The standard InChI is InChI=1S/C11H14N6O3S2/c1-7(18)13-10-14-15-11(21-10)22(19,20)17-4-3-8-9(5-17)16(2)6-12-8/h6H,3-5H2,1-2H3,(H,13,14,18). The zero-order valence-electron chi connectivity index (χ0n) is 12.0. The summed E-state index contributed by atoms with van der Waals surface area (Å²) >= 11 is 0.843. The molecule has 9 nitrogen and oxygen atoms in total. The van der Waals surface area contributed by atoms with Gasteiger partial charge in [-0.2, -0.15) is 4.31 Å². The van der Waals surface area contributed by atoms with Crippen LogP contribution in [-0.2, 0) is 34.8 Å². The van der Waals surface area contributed by atoms with E-state index in [1.54, 1.807) is 6.33 Å². The minimum absolute atomic E-state index is 0.123. The molecule has 0 aliphatic carbocycles. The van der Waals surface area contributed by atoms with E-state index in [1.807, 2.05) is 11.6 Å². The van der Waals surface area contributed by atoms with Crippen molar-refractivity contribution in [2.75, 3.05) is 11.9 Å². The van der Waals surface area contributed by atoms with Crippen molar-refractivity contribution in [1.82, 2.24) is 24.1 Å². The van der Waals surface area contributed by atoms with Gasteiger partial charge in [-0.25, -0.2) is 13.4 Å². The van der Waals surface area contributed by atoms with Crippen molar-refractivity contribution < 1.29 is 13.2 Å². The highest BCUT2D eigenvalue weighted by atomic mass is 32.2. The number of imidazole rings is 1. The van der Waals surface area contributed by atoms with Crippen LogP contribution in [0.5, 0.6) is 0 Å². The fourth-order valence-corrected chi connectivity index (χ4v) is 4.71. The molecule has 0 bridgehead atoms. The quantitative estimate of drug-likeness (QED) is 0.785. The number of nitrogens with one attached hydrogen (secondary N) is 1. The smallest absolute Gasteiger partial charge is 0.272 e. The van der Waals surface area contributed by atoms with Gasteiger partial charge in [-0.1, -0.05) is 11.3 Å². The third kappa shape index (κ3) is 2.62. The first-order valence-corrected chi connectivity index (χ1v) is 8.74.